The predicted octanol–water partition coefficient (Wildman–Crippen LogP) is 2.64. The minimum atomic E-state index is -0.179. The highest BCUT2D eigenvalue weighted by Crippen LogP contribution is 2.36. The Morgan fingerprint density at radius 3 is 2.94 bits per heavy atom. The first-order valence-corrected chi connectivity index (χ1v) is 12.4. The van der Waals surface area contributed by atoms with Gasteiger partial charge < -0.3 is 31.2 Å². The predicted molar refractivity (Wildman–Crippen MR) is 136 cm³/mol. The number of nitrogens with zero attached hydrogens (tertiary/aromatic N) is 2. The van der Waals surface area contributed by atoms with Crippen molar-refractivity contribution in [2.24, 2.45) is 11.7 Å². The van der Waals surface area contributed by atoms with Crippen molar-refractivity contribution in [1.29, 1.82) is 0 Å². The third-order valence-electron chi connectivity index (χ3n) is 6.76. The number of nitrogens with one attached hydrogen (secondary N) is 1. The first kappa shape index (κ1) is 22.9. The number of amides is 1. The number of nitrogen functional groups attached to an aromatic ring is 1. The Balaban J connectivity index is 1.28. The summed E-state index contributed by atoms with van der Waals surface area (Å²) in [5, 5.41) is 3.97. The molecule has 0 bridgehead atoms. The minimum absolute atomic E-state index is 0.0979. The van der Waals surface area contributed by atoms with Crippen LogP contribution < -0.4 is 26.4 Å². The maximum atomic E-state index is 13.1. The van der Waals surface area contributed by atoms with Crippen LogP contribution in [0.15, 0.2) is 24.3 Å². The molecule has 1 amide bonds. The number of methoxy groups -OCH3 is 1. The molecule has 0 radical (unpaired) electrons. The SMILES string of the molecule is COC[C@@H]1CN(c2ccc3c(c2)OC[C@H](NC(=O)c2sc4nc(C)cc(C)c4c2N)C3)C[C@@H]1N. The molecule has 0 spiro atoms. The lowest BCUT2D eigenvalue weighted by molar-refractivity contribution is 0.0920. The van der Waals surface area contributed by atoms with E-state index in [0.717, 1.165) is 51.6 Å². The number of hydrogen-bond donors (Lipinski definition) is 3. The highest BCUT2D eigenvalue weighted by molar-refractivity contribution is 7.21. The van der Waals surface area contributed by atoms with Gasteiger partial charge in [-0.15, -0.1) is 11.3 Å². The van der Waals surface area contributed by atoms with Crippen LogP contribution in [0.4, 0.5) is 11.4 Å². The normalized spacial score (nSPS) is 22.0. The smallest absolute Gasteiger partial charge is 0.263 e. The molecule has 9 heteroatoms. The first-order valence-electron chi connectivity index (χ1n) is 11.6. The Kier molecular flexibility index (Phi) is 6.09. The Bertz CT molecular complexity index is 1240. The van der Waals surface area contributed by atoms with Gasteiger partial charge in [0, 0.05) is 55.0 Å². The number of aryl methyl sites for hydroxylation is 2. The van der Waals surface area contributed by atoms with Gasteiger partial charge in [-0.2, -0.15) is 0 Å². The van der Waals surface area contributed by atoms with E-state index in [1.165, 1.54) is 11.3 Å². The van der Waals surface area contributed by atoms with E-state index in [9.17, 15) is 4.79 Å². The van der Waals surface area contributed by atoms with Gasteiger partial charge in [0.25, 0.3) is 5.91 Å². The molecular weight excluding hydrogens is 450 g/mol. The van der Waals surface area contributed by atoms with Gasteiger partial charge in [0.1, 0.15) is 22.1 Å². The molecule has 2 aromatic heterocycles. The molecule has 1 aromatic carbocycles. The lowest BCUT2D eigenvalue weighted by Gasteiger charge is -2.28. The quantitative estimate of drug-likeness (QED) is 0.513. The van der Waals surface area contributed by atoms with Crippen LogP contribution in [-0.4, -0.2) is 56.4 Å². The van der Waals surface area contributed by atoms with Gasteiger partial charge in [0.15, 0.2) is 0 Å². The fourth-order valence-electron chi connectivity index (χ4n) is 5.04. The van der Waals surface area contributed by atoms with Crippen molar-refractivity contribution in [3.8, 4) is 5.75 Å². The van der Waals surface area contributed by atoms with Crippen LogP contribution in [-0.2, 0) is 11.2 Å². The summed E-state index contributed by atoms with van der Waals surface area (Å²) in [4.78, 5) is 21.2. The van der Waals surface area contributed by atoms with E-state index in [1.807, 2.05) is 19.9 Å². The van der Waals surface area contributed by atoms with Crippen LogP contribution in [0.25, 0.3) is 10.2 Å². The number of aromatic nitrogens is 1. The summed E-state index contributed by atoms with van der Waals surface area (Å²) < 4.78 is 11.4. The summed E-state index contributed by atoms with van der Waals surface area (Å²) in [5.41, 5.74) is 17.3. The first-order chi connectivity index (χ1) is 16.3. The number of anilines is 2. The Labute approximate surface area is 203 Å². The highest BCUT2D eigenvalue weighted by atomic mass is 32.1. The van der Waals surface area contributed by atoms with E-state index in [1.54, 1.807) is 7.11 Å². The molecule has 34 heavy (non-hydrogen) atoms. The van der Waals surface area contributed by atoms with Crippen molar-refractivity contribution in [3.63, 3.8) is 0 Å². The van der Waals surface area contributed by atoms with Gasteiger partial charge in [-0.3, -0.25) is 4.79 Å². The molecule has 2 aliphatic heterocycles. The number of hydrogen-bond acceptors (Lipinski definition) is 8. The van der Waals surface area contributed by atoms with Gasteiger partial charge in [-0.1, -0.05) is 6.07 Å². The Hall–Kier alpha value is -2.88. The molecule has 0 aliphatic carbocycles. The van der Waals surface area contributed by atoms with Crippen molar-refractivity contribution >= 4 is 38.8 Å². The zero-order valence-corrected chi connectivity index (χ0v) is 20.6. The number of fused-ring (bicyclic) bond motifs is 2. The fourth-order valence-corrected chi connectivity index (χ4v) is 6.16. The lowest BCUT2D eigenvalue weighted by Crippen LogP contribution is -2.42. The molecule has 2 aliphatic rings. The molecule has 0 unspecified atom stereocenters. The van der Waals surface area contributed by atoms with Crippen LogP contribution in [0.2, 0.25) is 0 Å². The molecule has 3 atom stereocenters. The van der Waals surface area contributed by atoms with Gasteiger partial charge in [-0.05, 0) is 43.5 Å². The van der Waals surface area contributed by atoms with E-state index >= 15 is 0 Å². The van der Waals surface area contributed by atoms with Gasteiger partial charge in [0.05, 0.1) is 18.3 Å². The number of carbonyl (C=O) groups excluding carboxylic acids is 1. The standard InChI is InChI=1S/C25H31N5O3S/c1-13-6-14(2)28-25-21(13)22(27)23(34-25)24(31)29-17-7-15-4-5-18(8-20(15)33-12-17)30-9-16(11-32-3)19(26)10-30/h4-6,8,16-17,19H,7,9-12,26-27H2,1-3H3,(H,29,31)/t16-,17+,19-/m0/s1. The summed E-state index contributed by atoms with van der Waals surface area (Å²) in [5.74, 6) is 1.01. The van der Waals surface area contributed by atoms with E-state index in [2.05, 4.69) is 33.4 Å². The van der Waals surface area contributed by atoms with E-state index in [4.69, 9.17) is 20.9 Å². The van der Waals surface area contributed by atoms with Crippen molar-refractivity contribution in [1.82, 2.24) is 10.3 Å². The van der Waals surface area contributed by atoms with E-state index in [0.29, 0.717) is 36.1 Å². The maximum Gasteiger partial charge on any atom is 0.263 e. The fraction of sp³-hybridized carbons (Fsp3) is 0.440. The second-order valence-corrected chi connectivity index (χ2v) is 10.4. The third-order valence-corrected chi connectivity index (χ3v) is 7.86. The Morgan fingerprint density at radius 1 is 1.32 bits per heavy atom. The molecule has 180 valence electrons. The van der Waals surface area contributed by atoms with Crippen LogP contribution in [0, 0.1) is 19.8 Å². The highest BCUT2D eigenvalue weighted by Gasteiger charge is 2.31. The number of thiophene rings is 1. The topological polar surface area (TPSA) is 116 Å². The second kappa shape index (κ2) is 9.05. The molecule has 8 nitrogen and oxygen atoms in total. The summed E-state index contributed by atoms with van der Waals surface area (Å²) in [6.45, 7) is 6.69. The van der Waals surface area contributed by atoms with E-state index < -0.39 is 0 Å². The molecule has 5 rings (SSSR count). The average molecular weight is 482 g/mol. The molecule has 1 fully saturated rings. The molecule has 4 heterocycles. The maximum absolute atomic E-state index is 13.1. The monoisotopic (exact) mass is 481 g/mol. The number of carbonyl (C=O) groups is 1. The second-order valence-electron chi connectivity index (χ2n) is 9.37. The minimum Gasteiger partial charge on any atom is -0.491 e. The van der Waals surface area contributed by atoms with Crippen LogP contribution >= 0.6 is 11.3 Å². The molecule has 0 saturated carbocycles. The van der Waals surface area contributed by atoms with Crippen molar-refractivity contribution in [2.75, 3.05) is 44.0 Å². The van der Waals surface area contributed by atoms with Gasteiger partial charge in [-0.25, -0.2) is 4.98 Å². The zero-order valence-electron chi connectivity index (χ0n) is 19.8. The van der Waals surface area contributed by atoms with Gasteiger partial charge in [0.2, 0.25) is 0 Å². The lowest BCUT2D eigenvalue weighted by atomic mass is 10.0. The van der Waals surface area contributed by atoms with Crippen molar-refractivity contribution in [3.05, 3.63) is 46.0 Å². The summed E-state index contributed by atoms with van der Waals surface area (Å²) >= 11 is 1.34. The van der Waals surface area contributed by atoms with E-state index in [-0.39, 0.29) is 18.0 Å². The van der Waals surface area contributed by atoms with Crippen molar-refractivity contribution in [2.45, 2.75) is 32.4 Å². The molecule has 5 N–H and O–H groups in total. The number of benzene rings is 1. The van der Waals surface area contributed by atoms with Crippen LogP contribution in [0.1, 0.15) is 26.5 Å². The molecule has 3 aromatic rings. The van der Waals surface area contributed by atoms with Gasteiger partial charge >= 0.3 is 0 Å². The molecular formula is C25H31N5O3S. The summed E-state index contributed by atoms with van der Waals surface area (Å²) in [7, 11) is 1.71. The number of ether oxygens (including phenoxy) is 2. The van der Waals surface area contributed by atoms with Crippen LogP contribution in [0.5, 0.6) is 5.75 Å². The van der Waals surface area contributed by atoms with Crippen molar-refractivity contribution < 1.29 is 14.3 Å². The zero-order chi connectivity index (χ0) is 24.0. The Morgan fingerprint density at radius 2 is 2.15 bits per heavy atom. The number of nitrogens with two attached hydrogens (primary N) is 2. The third kappa shape index (κ3) is 4.19. The summed E-state index contributed by atoms with van der Waals surface area (Å²) in [6, 6.07) is 8.23. The number of rotatable bonds is 5. The summed E-state index contributed by atoms with van der Waals surface area (Å²) in [6.07, 6.45) is 0.703. The number of pyridine rings is 1. The van der Waals surface area contributed by atoms with Crippen LogP contribution in [0.3, 0.4) is 0 Å². The largest absolute Gasteiger partial charge is 0.491 e. The average Bonchev–Trinajstić information content (AvgIpc) is 3.33. The molecule has 1 saturated heterocycles.